The number of hydrogen-bond acceptors (Lipinski definition) is 4. The fourth-order valence-corrected chi connectivity index (χ4v) is 1.95. The molecule has 1 aromatic carbocycles. The SMILES string of the molecule is NCc1ccc(Sc2cnccn2)c(F)c1. The van der Waals surface area contributed by atoms with Crippen LogP contribution in [-0.4, -0.2) is 9.97 Å². The molecule has 0 unspecified atom stereocenters. The third-order valence-electron chi connectivity index (χ3n) is 1.99. The van der Waals surface area contributed by atoms with Crippen LogP contribution in [0.25, 0.3) is 0 Å². The first-order valence-corrected chi connectivity index (χ1v) is 5.53. The fraction of sp³-hybridized carbons (Fsp3) is 0.0909. The number of aromatic nitrogens is 2. The lowest BCUT2D eigenvalue weighted by Crippen LogP contribution is -1.97. The topological polar surface area (TPSA) is 51.8 Å². The molecule has 0 aliphatic rings. The van der Waals surface area contributed by atoms with Crippen molar-refractivity contribution in [2.75, 3.05) is 0 Å². The van der Waals surface area contributed by atoms with E-state index in [9.17, 15) is 4.39 Å². The lowest BCUT2D eigenvalue weighted by Gasteiger charge is -2.03. The van der Waals surface area contributed by atoms with E-state index in [4.69, 9.17) is 5.73 Å². The van der Waals surface area contributed by atoms with Gasteiger partial charge in [-0.1, -0.05) is 17.8 Å². The predicted molar refractivity (Wildman–Crippen MR) is 60.4 cm³/mol. The molecular formula is C11H10FN3S. The number of halogens is 1. The summed E-state index contributed by atoms with van der Waals surface area (Å²) in [4.78, 5) is 8.51. The van der Waals surface area contributed by atoms with Crippen LogP contribution < -0.4 is 5.73 Å². The monoisotopic (exact) mass is 235 g/mol. The molecule has 0 bridgehead atoms. The summed E-state index contributed by atoms with van der Waals surface area (Å²) in [7, 11) is 0. The summed E-state index contributed by atoms with van der Waals surface area (Å²) in [5.41, 5.74) is 6.20. The minimum Gasteiger partial charge on any atom is -0.326 e. The first-order valence-electron chi connectivity index (χ1n) is 4.72. The molecule has 0 spiro atoms. The smallest absolute Gasteiger partial charge is 0.137 e. The zero-order valence-corrected chi connectivity index (χ0v) is 9.25. The van der Waals surface area contributed by atoms with E-state index < -0.39 is 0 Å². The number of nitrogens with two attached hydrogens (primary N) is 1. The van der Waals surface area contributed by atoms with E-state index in [0.29, 0.717) is 16.5 Å². The minimum absolute atomic E-state index is 0.279. The Balaban J connectivity index is 2.22. The summed E-state index contributed by atoms with van der Waals surface area (Å²) in [5, 5.41) is 0.668. The van der Waals surface area contributed by atoms with Gasteiger partial charge < -0.3 is 5.73 Å². The van der Waals surface area contributed by atoms with Crippen molar-refractivity contribution in [1.29, 1.82) is 0 Å². The summed E-state index contributed by atoms with van der Waals surface area (Å²) in [6, 6.07) is 4.96. The second-order valence-corrected chi connectivity index (χ2v) is 4.18. The van der Waals surface area contributed by atoms with Crippen molar-refractivity contribution < 1.29 is 4.39 Å². The Labute approximate surface area is 96.9 Å². The Morgan fingerprint density at radius 2 is 2.19 bits per heavy atom. The molecule has 5 heteroatoms. The van der Waals surface area contributed by atoms with Crippen LogP contribution in [0.15, 0.2) is 46.7 Å². The van der Waals surface area contributed by atoms with Crippen molar-refractivity contribution in [3.8, 4) is 0 Å². The van der Waals surface area contributed by atoms with Crippen LogP contribution in [0.4, 0.5) is 4.39 Å². The van der Waals surface area contributed by atoms with Gasteiger partial charge in [-0.2, -0.15) is 0 Å². The van der Waals surface area contributed by atoms with Crippen molar-refractivity contribution in [1.82, 2.24) is 9.97 Å². The number of benzene rings is 1. The van der Waals surface area contributed by atoms with Crippen molar-refractivity contribution in [2.45, 2.75) is 16.5 Å². The molecule has 1 aromatic heterocycles. The van der Waals surface area contributed by atoms with E-state index in [2.05, 4.69) is 9.97 Å². The van der Waals surface area contributed by atoms with E-state index in [1.54, 1.807) is 24.7 Å². The van der Waals surface area contributed by atoms with Crippen LogP contribution >= 0.6 is 11.8 Å². The van der Waals surface area contributed by atoms with Crippen molar-refractivity contribution in [3.63, 3.8) is 0 Å². The number of hydrogen-bond donors (Lipinski definition) is 1. The minimum atomic E-state index is -0.279. The van der Waals surface area contributed by atoms with Crippen LogP contribution in [-0.2, 0) is 6.54 Å². The summed E-state index contributed by atoms with van der Waals surface area (Å²) in [6.45, 7) is 0.340. The normalized spacial score (nSPS) is 10.4. The first kappa shape index (κ1) is 11.0. The summed E-state index contributed by atoms with van der Waals surface area (Å²) >= 11 is 1.24. The summed E-state index contributed by atoms with van der Waals surface area (Å²) < 4.78 is 13.6. The van der Waals surface area contributed by atoms with E-state index in [0.717, 1.165) is 5.56 Å². The second-order valence-electron chi connectivity index (χ2n) is 3.11. The van der Waals surface area contributed by atoms with Gasteiger partial charge in [-0.25, -0.2) is 9.37 Å². The molecule has 3 nitrogen and oxygen atoms in total. The molecule has 0 radical (unpaired) electrons. The van der Waals surface area contributed by atoms with E-state index in [1.165, 1.54) is 17.8 Å². The molecule has 0 fully saturated rings. The molecule has 2 N–H and O–H groups in total. The van der Waals surface area contributed by atoms with Gasteiger partial charge in [-0.3, -0.25) is 4.98 Å². The Hall–Kier alpha value is -1.46. The maximum absolute atomic E-state index is 13.6. The Morgan fingerprint density at radius 1 is 1.31 bits per heavy atom. The first-order chi connectivity index (χ1) is 7.79. The highest BCUT2D eigenvalue weighted by Gasteiger charge is 2.05. The average Bonchev–Trinajstić information content (AvgIpc) is 2.33. The van der Waals surface area contributed by atoms with Crippen LogP contribution in [0.5, 0.6) is 0 Å². The molecule has 1 heterocycles. The van der Waals surface area contributed by atoms with Gasteiger partial charge >= 0.3 is 0 Å². The zero-order chi connectivity index (χ0) is 11.4. The van der Waals surface area contributed by atoms with Crippen LogP contribution in [0.3, 0.4) is 0 Å². The molecule has 2 rings (SSSR count). The highest BCUT2D eigenvalue weighted by Crippen LogP contribution is 2.28. The van der Waals surface area contributed by atoms with Gasteiger partial charge in [0.15, 0.2) is 0 Å². The second kappa shape index (κ2) is 5.05. The van der Waals surface area contributed by atoms with Gasteiger partial charge in [0.2, 0.25) is 0 Å². The summed E-state index contributed by atoms with van der Waals surface area (Å²) in [6.07, 6.45) is 4.76. The Kier molecular flexibility index (Phi) is 3.48. The zero-order valence-electron chi connectivity index (χ0n) is 8.43. The van der Waals surface area contributed by atoms with Gasteiger partial charge in [0.1, 0.15) is 10.8 Å². The third-order valence-corrected chi connectivity index (χ3v) is 2.96. The van der Waals surface area contributed by atoms with Gasteiger partial charge in [0, 0.05) is 23.8 Å². The summed E-state index contributed by atoms with van der Waals surface area (Å²) in [5.74, 6) is -0.279. The quantitative estimate of drug-likeness (QED) is 0.886. The van der Waals surface area contributed by atoms with Crippen LogP contribution in [0, 0.1) is 5.82 Å². The van der Waals surface area contributed by atoms with E-state index in [-0.39, 0.29) is 5.82 Å². The van der Waals surface area contributed by atoms with Crippen molar-refractivity contribution in [2.24, 2.45) is 5.73 Å². The third kappa shape index (κ3) is 2.56. The van der Waals surface area contributed by atoms with Gasteiger partial charge in [-0.05, 0) is 17.7 Å². The van der Waals surface area contributed by atoms with E-state index >= 15 is 0 Å². The van der Waals surface area contributed by atoms with E-state index in [1.807, 2.05) is 6.07 Å². The van der Waals surface area contributed by atoms with Crippen LogP contribution in [0.2, 0.25) is 0 Å². The maximum Gasteiger partial charge on any atom is 0.137 e. The largest absolute Gasteiger partial charge is 0.326 e. The molecule has 0 aliphatic carbocycles. The van der Waals surface area contributed by atoms with Gasteiger partial charge in [0.05, 0.1) is 6.20 Å². The van der Waals surface area contributed by atoms with Gasteiger partial charge in [0.25, 0.3) is 0 Å². The molecule has 0 saturated carbocycles. The van der Waals surface area contributed by atoms with Gasteiger partial charge in [-0.15, -0.1) is 0 Å². The molecule has 16 heavy (non-hydrogen) atoms. The molecule has 0 amide bonds. The fourth-order valence-electron chi connectivity index (χ4n) is 1.20. The molecule has 0 saturated heterocycles. The molecule has 0 aliphatic heterocycles. The van der Waals surface area contributed by atoms with Crippen molar-refractivity contribution in [3.05, 3.63) is 48.2 Å². The lowest BCUT2D eigenvalue weighted by atomic mass is 10.2. The highest BCUT2D eigenvalue weighted by molar-refractivity contribution is 7.99. The number of rotatable bonds is 3. The molecule has 2 aromatic rings. The standard InChI is InChI=1S/C11H10FN3S/c12-9-5-8(6-13)1-2-10(9)16-11-7-14-3-4-15-11/h1-5,7H,6,13H2. The molecular weight excluding hydrogens is 225 g/mol. The maximum atomic E-state index is 13.6. The predicted octanol–water partition coefficient (Wildman–Crippen LogP) is 2.23. The highest BCUT2D eigenvalue weighted by atomic mass is 32.2. The molecule has 0 atom stereocenters. The van der Waals surface area contributed by atoms with Crippen molar-refractivity contribution >= 4 is 11.8 Å². The number of nitrogens with zero attached hydrogens (tertiary/aromatic N) is 2. The molecule has 82 valence electrons. The Morgan fingerprint density at radius 3 is 2.81 bits per heavy atom. The average molecular weight is 235 g/mol. The lowest BCUT2D eigenvalue weighted by molar-refractivity contribution is 0.599. The van der Waals surface area contributed by atoms with Crippen LogP contribution in [0.1, 0.15) is 5.56 Å². The Bertz CT molecular complexity index is 476.